The molecule has 0 aliphatic carbocycles. The van der Waals surface area contributed by atoms with Gasteiger partial charge in [-0.3, -0.25) is 4.90 Å². The number of carbonyl (C=O) groups is 1. The van der Waals surface area contributed by atoms with E-state index < -0.39 is 24.2 Å². The average molecular weight is 489 g/mol. The minimum absolute atomic E-state index is 0.0619. The molecule has 15 heteroatoms. The van der Waals surface area contributed by atoms with Crippen molar-refractivity contribution >= 4 is 34.7 Å². The third-order valence-electron chi connectivity index (χ3n) is 5.42. The summed E-state index contributed by atoms with van der Waals surface area (Å²) in [4.78, 5) is 23.3. The molecule has 4 aromatic rings. The lowest BCUT2D eigenvalue weighted by Gasteiger charge is -2.28. The highest BCUT2D eigenvalue weighted by Gasteiger charge is 2.60. The maximum Gasteiger partial charge on any atom is 0.401 e. The first-order valence-corrected chi connectivity index (χ1v) is 9.97. The van der Waals surface area contributed by atoms with Crippen molar-refractivity contribution in [2.45, 2.75) is 18.5 Å². The Morgan fingerprint density at radius 2 is 1.97 bits per heavy atom. The van der Waals surface area contributed by atoms with Crippen molar-refractivity contribution in [2.75, 3.05) is 16.8 Å². The van der Waals surface area contributed by atoms with Crippen LogP contribution in [0.1, 0.15) is 18.3 Å². The summed E-state index contributed by atoms with van der Waals surface area (Å²) < 4.78 is 43.6. The number of nitrogens with zero attached hydrogens (tertiary/aromatic N) is 9. The molecule has 0 aromatic carbocycles. The quantitative estimate of drug-likeness (QED) is 0.459. The Labute approximate surface area is 193 Å². The lowest BCUT2D eigenvalue weighted by atomic mass is 9.88. The number of hydrogen-bond acceptors (Lipinski definition) is 7. The Bertz CT molecular complexity index is 1480. The molecule has 0 bridgehead atoms. The monoisotopic (exact) mass is 488 g/mol. The highest BCUT2D eigenvalue weighted by atomic mass is 35.5. The highest BCUT2D eigenvalue weighted by Crippen LogP contribution is 2.49. The third kappa shape index (κ3) is 3.20. The molecule has 0 saturated heterocycles. The number of carbonyl (C=O) groups excluding carboxylic acids is 1. The molecule has 11 nitrogen and oxygen atoms in total. The number of nitrogens with one attached hydrogen (secondary N) is 1. The fraction of sp³-hybridized carbons (Fsp3) is 0.211. The number of rotatable bonds is 2. The van der Waals surface area contributed by atoms with E-state index in [1.165, 1.54) is 35.5 Å². The molecule has 1 aliphatic heterocycles. The maximum absolute atomic E-state index is 14.2. The molecule has 2 amide bonds. The first kappa shape index (κ1) is 21.6. The van der Waals surface area contributed by atoms with Crippen molar-refractivity contribution < 1.29 is 18.0 Å². The number of anilines is 2. The molecule has 172 valence electrons. The Morgan fingerprint density at radius 3 is 2.62 bits per heavy atom. The van der Waals surface area contributed by atoms with Gasteiger partial charge in [-0.1, -0.05) is 11.6 Å². The molecule has 4 aromatic heterocycles. The van der Waals surface area contributed by atoms with Crippen LogP contribution < -0.4 is 10.2 Å². The molecule has 0 saturated carbocycles. The van der Waals surface area contributed by atoms with Crippen molar-refractivity contribution in [3.63, 3.8) is 0 Å². The minimum atomic E-state index is -4.73. The average Bonchev–Trinajstić information content (AvgIpc) is 3.50. The summed E-state index contributed by atoms with van der Waals surface area (Å²) in [6.07, 6.45) is 0.562. The van der Waals surface area contributed by atoms with Gasteiger partial charge in [-0.2, -0.15) is 33.7 Å². The van der Waals surface area contributed by atoms with E-state index in [9.17, 15) is 18.0 Å². The summed E-state index contributed by atoms with van der Waals surface area (Å²) in [5.74, 6) is 0.208. The number of aromatic nitrogens is 7. The van der Waals surface area contributed by atoms with Crippen molar-refractivity contribution in [1.82, 2.24) is 34.6 Å². The van der Waals surface area contributed by atoms with Gasteiger partial charge in [0.25, 0.3) is 0 Å². The topological polar surface area (TPSA) is 130 Å². The second-order valence-corrected chi connectivity index (χ2v) is 8.00. The molecule has 1 N–H and O–H groups in total. The fourth-order valence-corrected chi connectivity index (χ4v) is 3.98. The SMILES string of the molecule is CC1(C(F)(F)F)CN(C(=O)Nc2cnc(-n3nccn3)c(Cl)c2)c2cnc3cc(C#N)nn3c21. The van der Waals surface area contributed by atoms with E-state index >= 15 is 0 Å². The number of alkyl halides is 3. The maximum atomic E-state index is 14.2. The van der Waals surface area contributed by atoms with Gasteiger partial charge in [-0.25, -0.2) is 19.3 Å². The van der Waals surface area contributed by atoms with Crippen LogP contribution in [0.5, 0.6) is 0 Å². The molecular weight excluding hydrogens is 477 g/mol. The zero-order valence-electron chi connectivity index (χ0n) is 17.1. The minimum Gasteiger partial charge on any atom is -0.306 e. The molecule has 1 atom stereocenters. The summed E-state index contributed by atoms with van der Waals surface area (Å²) >= 11 is 6.21. The zero-order valence-corrected chi connectivity index (χ0v) is 17.9. The van der Waals surface area contributed by atoms with Crippen molar-refractivity contribution in [3.05, 3.63) is 53.3 Å². The van der Waals surface area contributed by atoms with Crippen LogP contribution in [0.4, 0.5) is 29.3 Å². The molecule has 5 rings (SSSR count). The molecule has 0 fully saturated rings. The number of amides is 2. The smallest absolute Gasteiger partial charge is 0.306 e. The van der Waals surface area contributed by atoms with E-state index in [-0.39, 0.29) is 39.3 Å². The zero-order chi connectivity index (χ0) is 24.3. The lowest BCUT2D eigenvalue weighted by molar-refractivity contribution is -0.181. The van der Waals surface area contributed by atoms with Crippen molar-refractivity contribution in [3.8, 4) is 11.9 Å². The molecule has 0 radical (unpaired) electrons. The first-order chi connectivity index (χ1) is 16.1. The summed E-state index contributed by atoms with van der Waals surface area (Å²) in [6.45, 7) is 0.243. The van der Waals surface area contributed by atoms with Crippen LogP contribution in [0.25, 0.3) is 11.5 Å². The Balaban J connectivity index is 1.52. The number of nitriles is 1. The number of fused-ring (bicyclic) bond motifs is 3. The second kappa shape index (κ2) is 7.39. The van der Waals surface area contributed by atoms with Gasteiger partial charge in [-0.05, 0) is 13.0 Å². The molecular formula is C19H12ClF3N10O. The highest BCUT2D eigenvalue weighted by molar-refractivity contribution is 6.32. The number of pyridine rings is 1. The molecule has 0 spiro atoms. The number of hydrogen-bond donors (Lipinski definition) is 1. The van der Waals surface area contributed by atoms with Crippen LogP contribution in [0.15, 0.2) is 36.9 Å². The van der Waals surface area contributed by atoms with Crippen LogP contribution in [0.3, 0.4) is 0 Å². The van der Waals surface area contributed by atoms with Gasteiger partial charge in [0.2, 0.25) is 0 Å². The van der Waals surface area contributed by atoms with Gasteiger partial charge in [0, 0.05) is 12.6 Å². The summed E-state index contributed by atoms with van der Waals surface area (Å²) in [5.41, 5.74) is -2.74. The molecule has 1 aliphatic rings. The van der Waals surface area contributed by atoms with Crippen LogP contribution in [-0.4, -0.2) is 53.3 Å². The van der Waals surface area contributed by atoms with Gasteiger partial charge in [0.1, 0.15) is 11.5 Å². The van der Waals surface area contributed by atoms with Gasteiger partial charge < -0.3 is 5.32 Å². The van der Waals surface area contributed by atoms with Gasteiger partial charge in [0.05, 0.1) is 46.9 Å². The van der Waals surface area contributed by atoms with Gasteiger partial charge >= 0.3 is 12.2 Å². The van der Waals surface area contributed by atoms with Gasteiger partial charge in [-0.15, -0.1) is 4.80 Å². The molecule has 1 unspecified atom stereocenters. The van der Waals surface area contributed by atoms with E-state index in [0.29, 0.717) is 0 Å². The fourth-order valence-electron chi connectivity index (χ4n) is 3.74. The predicted octanol–water partition coefficient (Wildman–Crippen LogP) is 3.10. The Kier molecular flexibility index (Phi) is 4.69. The van der Waals surface area contributed by atoms with Crippen LogP contribution >= 0.6 is 11.6 Å². The van der Waals surface area contributed by atoms with Gasteiger partial charge in [0.15, 0.2) is 17.2 Å². The number of halogens is 4. The van der Waals surface area contributed by atoms with E-state index in [1.807, 2.05) is 0 Å². The molecule has 34 heavy (non-hydrogen) atoms. The van der Waals surface area contributed by atoms with Crippen LogP contribution in [-0.2, 0) is 5.41 Å². The van der Waals surface area contributed by atoms with Crippen LogP contribution in [0.2, 0.25) is 5.02 Å². The van der Waals surface area contributed by atoms with Crippen molar-refractivity contribution in [1.29, 1.82) is 5.26 Å². The summed E-state index contributed by atoms with van der Waals surface area (Å²) in [7, 11) is 0. The van der Waals surface area contributed by atoms with E-state index in [4.69, 9.17) is 16.9 Å². The van der Waals surface area contributed by atoms with E-state index in [2.05, 4.69) is 30.6 Å². The summed E-state index contributed by atoms with van der Waals surface area (Å²) in [5, 5.41) is 23.5. The normalized spacial score (nSPS) is 17.6. The van der Waals surface area contributed by atoms with E-state index in [0.717, 1.165) is 22.5 Å². The summed E-state index contributed by atoms with van der Waals surface area (Å²) in [6, 6.07) is 3.57. The van der Waals surface area contributed by atoms with Crippen LogP contribution in [0, 0.1) is 11.3 Å². The van der Waals surface area contributed by atoms with Crippen molar-refractivity contribution in [2.24, 2.45) is 0 Å². The largest absolute Gasteiger partial charge is 0.401 e. The molecule has 5 heterocycles. The Hall–Kier alpha value is -4.25. The predicted molar refractivity (Wildman–Crippen MR) is 112 cm³/mol. The lowest BCUT2D eigenvalue weighted by Crippen LogP contribution is -2.46. The Morgan fingerprint density at radius 1 is 1.24 bits per heavy atom. The standard InChI is InChI=1S/C19H12ClF3N10O/c1-18(19(21,22)23)9-31(13-8-25-14-5-10(6-24)30-32(14)15(13)18)17(34)29-11-4-12(20)16(26-7-11)33-27-2-3-28-33/h2-5,7-8H,9H2,1H3,(H,29,34). The third-order valence-corrected chi connectivity index (χ3v) is 5.70. The second-order valence-electron chi connectivity index (χ2n) is 7.60. The first-order valence-electron chi connectivity index (χ1n) is 9.59. The van der Waals surface area contributed by atoms with E-state index in [1.54, 1.807) is 6.07 Å². The number of urea groups is 1.